The maximum absolute atomic E-state index is 3.38. The number of hydrogen-bond acceptors (Lipinski definition) is 0. The van der Waals surface area contributed by atoms with Crippen LogP contribution >= 0.6 is 0 Å². The van der Waals surface area contributed by atoms with E-state index in [1.165, 1.54) is 31.3 Å². The average Bonchev–Trinajstić information content (AvgIpc) is 2.03. The van der Waals surface area contributed by atoms with Crippen molar-refractivity contribution in [2.75, 3.05) is 0 Å². The zero-order valence-corrected chi connectivity index (χ0v) is 6.69. The largest absolute Gasteiger partial charge is 0.0839 e. The molecule has 0 heterocycles. The smallest absolute Gasteiger partial charge is 0.0238 e. The van der Waals surface area contributed by atoms with Gasteiger partial charge in [-0.05, 0) is 37.3 Å². The van der Waals surface area contributed by atoms with Gasteiger partial charge < -0.3 is 0 Å². The van der Waals surface area contributed by atoms with Gasteiger partial charge in [-0.25, -0.2) is 0 Å². The molecule has 10 heavy (non-hydrogen) atoms. The Morgan fingerprint density at radius 1 is 1.60 bits per heavy atom. The summed E-state index contributed by atoms with van der Waals surface area (Å²) in [6.45, 7) is 2.23. The maximum Gasteiger partial charge on any atom is -0.0238 e. The molecular formula is C10H15. The predicted octanol–water partition coefficient (Wildman–Crippen LogP) is 3.26. The van der Waals surface area contributed by atoms with Crippen molar-refractivity contribution in [3.8, 4) is 0 Å². The zero-order valence-electron chi connectivity index (χ0n) is 6.69. The zero-order chi connectivity index (χ0) is 7.23. The van der Waals surface area contributed by atoms with Crippen LogP contribution in [0.4, 0.5) is 0 Å². The van der Waals surface area contributed by atoms with Gasteiger partial charge in [0.2, 0.25) is 0 Å². The molecule has 0 aromatic heterocycles. The van der Waals surface area contributed by atoms with Gasteiger partial charge >= 0.3 is 0 Å². The fourth-order valence-corrected chi connectivity index (χ4v) is 1.14. The number of allylic oxidation sites excluding steroid dienone is 4. The van der Waals surface area contributed by atoms with E-state index in [2.05, 4.69) is 25.2 Å². The summed E-state index contributed by atoms with van der Waals surface area (Å²) in [5.41, 5.74) is 1.42. The standard InChI is InChI=1S/C10H15/c1-2-3-7-10-8-5-4-6-9-10/h5,8H,2-4,6-7H2,1H3. The van der Waals surface area contributed by atoms with Crippen LogP contribution in [0.3, 0.4) is 0 Å². The van der Waals surface area contributed by atoms with Crippen LogP contribution in [0, 0.1) is 6.08 Å². The van der Waals surface area contributed by atoms with Gasteiger partial charge in [0.05, 0.1) is 0 Å². The van der Waals surface area contributed by atoms with Crippen molar-refractivity contribution < 1.29 is 0 Å². The third-order valence-electron chi connectivity index (χ3n) is 1.78. The van der Waals surface area contributed by atoms with Crippen molar-refractivity contribution in [1.29, 1.82) is 0 Å². The van der Waals surface area contributed by atoms with E-state index in [1.807, 2.05) is 0 Å². The minimum Gasteiger partial charge on any atom is -0.0839 e. The molecule has 0 spiro atoms. The van der Waals surface area contributed by atoms with E-state index in [4.69, 9.17) is 0 Å². The minimum absolute atomic E-state index is 1.13. The first-order chi connectivity index (χ1) is 4.93. The van der Waals surface area contributed by atoms with Gasteiger partial charge in [-0.1, -0.05) is 25.5 Å². The molecule has 0 atom stereocenters. The summed E-state index contributed by atoms with van der Waals surface area (Å²) in [7, 11) is 0. The fraction of sp³-hybridized carbons (Fsp3) is 0.600. The highest BCUT2D eigenvalue weighted by Crippen LogP contribution is 2.14. The van der Waals surface area contributed by atoms with Crippen molar-refractivity contribution in [2.45, 2.75) is 39.0 Å². The molecule has 0 amide bonds. The molecular weight excluding hydrogens is 120 g/mol. The first kappa shape index (κ1) is 7.59. The van der Waals surface area contributed by atoms with E-state index in [0.717, 1.165) is 6.42 Å². The van der Waals surface area contributed by atoms with Crippen molar-refractivity contribution >= 4 is 0 Å². The second-order valence-electron chi connectivity index (χ2n) is 2.75. The van der Waals surface area contributed by atoms with Gasteiger partial charge in [0.25, 0.3) is 0 Å². The summed E-state index contributed by atoms with van der Waals surface area (Å²) in [5, 5.41) is 0. The van der Waals surface area contributed by atoms with Crippen molar-refractivity contribution in [1.82, 2.24) is 0 Å². The number of hydrogen-bond donors (Lipinski definition) is 0. The summed E-state index contributed by atoms with van der Waals surface area (Å²) in [6.07, 6.45) is 14.0. The second-order valence-corrected chi connectivity index (χ2v) is 2.75. The summed E-state index contributed by atoms with van der Waals surface area (Å²) in [6, 6.07) is 0. The predicted molar refractivity (Wildman–Crippen MR) is 44.7 cm³/mol. The summed E-state index contributed by atoms with van der Waals surface area (Å²) >= 11 is 0. The van der Waals surface area contributed by atoms with Crippen molar-refractivity contribution in [2.24, 2.45) is 0 Å². The molecule has 0 heteroatoms. The first-order valence-electron chi connectivity index (χ1n) is 4.19. The lowest BCUT2D eigenvalue weighted by atomic mass is 10.0. The van der Waals surface area contributed by atoms with Crippen LogP contribution in [0.15, 0.2) is 17.7 Å². The number of unbranched alkanes of at least 4 members (excludes halogenated alkanes) is 1. The van der Waals surface area contributed by atoms with Crippen LogP contribution in [-0.2, 0) is 0 Å². The Labute approximate surface area is 63.6 Å². The van der Waals surface area contributed by atoms with Gasteiger partial charge in [0, 0.05) is 0 Å². The van der Waals surface area contributed by atoms with Crippen molar-refractivity contribution in [3.05, 3.63) is 23.8 Å². The van der Waals surface area contributed by atoms with Gasteiger partial charge in [0.15, 0.2) is 0 Å². The van der Waals surface area contributed by atoms with E-state index < -0.39 is 0 Å². The molecule has 0 bridgehead atoms. The van der Waals surface area contributed by atoms with Crippen LogP contribution in [0.25, 0.3) is 0 Å². The second kappa shape index (κ2) is 4.32. The van der Waals surface area contributed by atoms with E-state index in [1.54, 1.807) is 0 Å². The third-order valence-corrected chi connectivity index (χ3v) is 1.78. The van der Waals surface area contributed by atoms with Gasteiger partial charge in [0.1, 0.15) is 0 Å². The van der Waals surface area contributed by atoms with Crippen molar-refractivity contribution in [3.63, 3.8) is 0 Å². The molecule has 0 saturated carbocycles. The Bertz CT molecular complexity index is 140. The highest BCUT2D eigenvalue weighted by Gasteiger charge is 1.95. The molecule has 55 valence electrons. The molecule has 0 fully saturated rings. The van der Waals surface area contributed by atoms with E-state index in [9.17, 15) is 0 Å². The SMILES string of the molecule is CCCCC1=[C]CCC=C1. The maximum atomic E-state index is 3.38. The molecule has 0 saturated heterocycles. The lowest BCUT2D eigenvalue weighted by Crippen LogP contribution is -1.85. The quantitative estimate of drug-likeness (QED) is 0.557. The van der Waals surface area contributed by atoms with Crippen LogP contribution in [0.5, 0.6) is 0 Å². The van der Waals surface area contributed by atoms with Crippen LogP contribution in [0.2, 0.25) is 0 Å². The van der Waals surface area contributed by atoms with Gasteiger partial charge in [-0.2, -0.15) is 0 Å². The highest BCUT2D eigenvalue weighted by atomic mass is 14.0. The highest BCUT2D eigenvalue weighted by molar-refractivity contribution is 5.18. The summed E-state index contributed by atoms with van der Waals surface area (Å²) < 4.78 is 0. The third kappa shape index (κ3) is 2.38. The molecule has 0 aromatic rings. The Morgan fingerprint density at radius 3 is 3.10 bits per heavy atom. The Balaban J connectivity index is 2.26. The summed E-state index contributed by atoms with van der Waals surface area (Å²) in [4.78, 5) is 0. The molecule has 1 radical (unpaired) electrons. The Kier molecular flexibility index (Phi) is 3.28. The van der Waals surface area contributed by atoms with Crippen LogP contribution in [-0.4, -0.2) is 0 Å². The van der Waals surface area contributed by atoms with Gasteiger partial charge in [-0.3, -0.25) is 0 Å². The molecule has 1 aliphatic rings. The summed E-state index contributed by atoms with van der Waals surface area (Å²) in [5.74, 6) is 0. The van der Waals surface area contributed by atoms with E-state index in [0.29, 0.717) is 0 Å². The van der Waals surface area contributed by atoms with E-state index >= 15 is 0 Å². The number of rotatable bonds is 3. The lowest BCUT2D eigenvalue weighted by Gasteiger charge is -2.03. The molecule has 0 aromatic carbocycles. The molecule has 1 aliphatic carbocycles. The fourth-order valence-electron chi connectivity index (χ4n) is 1.14. The monoisotopic (exact) mass is 135 g/mol. The minimum atomic E-state index is 1.13. The Hall–Kier alpha value is -0.520. The lowest BCUT2D eigenvalue weighted by molar-refractivity contribution is 0.784. The topological polar surface area (TPSA) is 0 Å². The molecule has 1 rings (SSSR count). The first-order valence-corrected chi connectivity index (χ1v) is 4.19. The molecule has 0 N–H and O–H groups in total. The molecule has 0 aliphatic heterocycles. The van der Waals surface area contributed by atoms with E-state index in [-0.39, 0.29) is 0 Å². The average molecular weight is 135 g/mol. The van der Waals surface area contributed by atoms with Crippen LogP contribution in [0.1, 0.15) is 39.0 Å². The normalized spacial score (nSPS) is 17.1. The molecule has 0 nitrogen and oxygen atoms in total. The van der Waals surface area contributed by atoms with Crippen LogP contribution < -0.4 is 0 Å². The van der Waals surface area contributed by atoms with Gasteiger partial charge in [-0.15, -0.1) is 0 Å². The Morgan fingerprint density at radius 2 is 2.50 bits per heavy atom. The molecule has 0 unspecified atom stereocenters.